The summed E-state index contributed by atoms with van der Waals surface area (Å²) in [7, 11) is -1.82. The largest absolute Gasteiger partial charge is 0.341 e. The predicted octanol–water partition coefficient (Wildman–Crippen LogP) is 2.59. The molecule has 0 N–H and O–H groups in total. The van der Waals surface area contributed by atoms with E-state index in [4.69, 9.17) is 0 Å². The van der Waals surface area contributed by atoms with Crippen molar-refractivity contribution in [2.24, 2.45) is 5.92 Å². The molecule has 0 saturated carbocycles. The van der Waals surface area contributed by atoms with Gasteiger partial charge in [-0.05, 0) is 36.1 Å². The molecule has 2 atom stereocenters. The molecule has 136 valence electrons. The van der Waals surface area contributed by atoms with Crippen LogP contribution < -0.4 is 0 Å². The Morgan fingerprint density at radius 1 is 0.885 bits per heavy atom. The lowest BCUT2D eigenvalue weighted by molar-refractivity contribution is -0.138. The number of hydrogen-bond acceptors (Lipinski definition) is 3. The first-order valence-corrected chi connectivity index (χ1v) is 10.3. The van der Waals surface area contributed by atoms with Crippen LogP contribution in [-0.2, 0) is 14.8 Å². The van der Waals surface area contributed by atoms with Crippen molar-refractivity contribution in [2.45, 2.75) is 23.8 Å². The number of amides is 1. The predicted molar refractivity (Wildman–Crippen MR) is 99.9 cm³/mol. The van der Waals surface area contributed by atoms with Crippen LogP contribution in [0.1, 0.15) is 12.8 Å². The Morgan fingerprint density at radius 2 is 1.54 bits per heavy atom. The Morgan fingerprint density at radius 3 is 2.23 bits per heavy atom. The molecule has 6 heteroatoms. The molecule has 3 saturated heterocycles. The number of sulfonamides is 1. The fourth-order valence-corrected chi connectivity index (χ4v) is 5.44. The molecule has 0 radical (unpaired) electrons. The number of piperidine rings is 1. The number of rotatable bonds is 3. The molecule has 3 heterocycles. The highest BCUT2D eigenvalue weighted by atomic mass is 32.2. The quantitative estimate of drug-likeness (QED) is 0.834. The van der Waals surface area contributed by atoms with Gasteiger partial charge < -0.3 is 4.90 Å². The fraction of sp³-hybridized carbons (Fsp3) is 0.350. The Labute approximate surface area is 154 Å². The van der Waals surface area contributed by atoms with E-state index in [-0.39, 0.29) is 29.3 Å². The SMILES string of the molecule is CN1C(=O)[C@H]2CC[C@@H]1CN(S(=O)(=O)c1ccc(-c3ccccc3)cc1)C2. The molecular weight excluding hydrogens is 348 g/mol. The summed E-state index contributed by atoms with van der Waals surface area (Å²) >= 11 is 0. The third-order valence-corrected chi connectivity index (χ3v) is 7.38. The van der Waals surface area contributed by atoms with E-state index in [2.05, 4.69) is 0 Å². The molecule has 5 rings (SSSR count). The van der Waals surface area contributed by atoms with Gasteiger partial charge in [-0.1, -0.05) is 42.5 Å². The third kappa shape index (κ3) is 2.93. The van der Waals surface area contributed by atoms with Gasteiger partial charge in [-0.25, -0.2) is 8.42 Å². The first kappa shape index (κ1) is 17.2. The maximum atomic E-state index is 13.1. The summed E-state index contributed by atoms with van der Waals surface area (Å²) in [6.45, 7) is 0.657. The van der Waals surface area contributed by atoms with Crippen LogP contribution in [0.25, 0.3) is 11.1 Å². The minimum Gasteiger partial charge on any atom is -0.341 e. The van der Waals surface area contributed by atoms with Gasteiger partial charge in [-0.2, -0.15) is 4.31 Å². The molecule has 0 aliphatic carbocycles. The van der Waals surface area contributed by atoms with Crippen LogP contribution in [0.2, 0.25) is 0 Å². The molecule has 3 fully saturated rings. The van der Waals surface area contributed by atoms with Crippen molar-refractivity contribution in [3.05, 3.63) is 54.6 Å². The molecule has 3 aliphatic heterocycles. The number of carbonyl (C=O) groups excluding carboxylic acids is 1. The summed E-state index contributed by atoms with van der Waals surface area (Å²) in [5.41, 5.74) is 2.03. The summed E-state index contributed by atoms with van der Waals surface area (Å²) in [5, 5.41) is 0. The summed E-state index contributed by atoms with van der Waals surface area (Å²) in [5.74, 6) is -0.157. The lowest BCUT2D eigenvalue weighted by Gasteiger charge is -2.32. The van der Waals surface area contributed by atoms with Crippen molar-refractivity contribution in [2.75, 3.05) is 20.1 Å². The average Bonchev–Trinajstić information content (AvgIpc) is 2.96. The van der Waals surface area contributed by atoms with Crippen LogP contribution in [-0.4, -0.2) is 49.7 Å². The highest BCUT2D eigenvalue weighted by Gasteiger charge is 2.42. The third-order valence-electron chi connectivity index (χ3n) is 5.53. The van der Waals surface area contributed by atoms with Gasteiger partial charge in [0.05, 0.1) is 10.8 Å². The molecule has 0 aromatic heterocycles. The second kappa shape index (κ2) is 6.52. The summed E-state index contributed by atoms with van der Waals surface area (Å²) in [6, 6.07) is 16.8. The highest BCUT2D eigenvalue weighted by molar-refractivity contribution is 7.89. The van der Waals surface area contributed by atoms with Crippen molar-refractivity contribution in [1.82, 2.24) is 9.21 Å². The second-order valence-corrected chi connectivity index (χ2v) is 9.03. The van der Waals surface area contributed by atoms with E-state index in [0.717, 1.165) is 24.0 Å². The summed E-state index contributed by atoms with van der Waals surface area (Å²) < 4.78 is 27.7. The minimum absolute atomic E-state index is 0.0281. The highest BCUT2D eigenvalue weighted by Crippen LogP contribution is 2.31. The van der Waals surface area contributed by atoms with E-state index in [0.29, 0.717) is 6.54 Å². The maximum absolute atomic E-state index is 13.1. The second-order valence-electron chi connectivity index (χ2n) is 7.09. The van der Waals surface area contributed by atoms with Gasteiger partial charge in [0.1, 0.15) is 0 Å². The summed E-state index contributed by atoms with van der Waals surface area (Å²) in [4.78, 5) is 14.3. The van der Waals surface area contributed by atoms with Crippen molar-refractivity contribution in [3.63, 3.8) is 0 Å². The molecule has 1 amide bonds. The Hall–Kier alpha value is -2.18. The van der Waals surface area contributed by atoms with Gasteiger partial charge in [0, 0.05) is 26.2 Å². The molecule has 0 unspecified atom stereocenters. The molecule has 26 heavy (non-hydrogen) atoms. The van der Waals surface area contributed by atoms with E-state index < -0.39 is 10.0 Å². The average molecular weight is 370 g/mol. The maximum Gasteiger partial charge on any atom is 0.243 e. The van der Waals surface area contributed by atoms with Crippen LogP contribution in [0.5, 0.6) is 0 Å². The molecule has 2 aromatic carbocycles. The molecule has 0 spiro atoms. The topological polar surface area (TPSA) is 57.7 Å². The summed E-state index contributed by atoms with van der Waals surface area (Å²) in [6.07, 6.45) is 1.64. The Bertz CT molecular complexity index is 910. The zero-order valence-electron chi connectivity index (χ0n) is 14.7. The van der Waals surface area contributed by atoms with Crippen molar-refractivity contribution in [1.29, 1.82) is 0 Å². The zero-order chi connectivity index (χ0) is 18.3. The number of hydrogen-bond donors (Lipinski definition) is 0. The molecule has 2 bridgehead atoms. The lowest BCUT2D eigenvalue weighted by atomic mass is 9.95. The standard InChI is InChI=1S/C20H22N2O3S/c1-21-18-10-7-17(20(21)23)13-22(14-18)26(24,25)19-11-8-16(9-12-19)15-5-3-2-4-6-15/h2-6,8-9,11-12,17-18H,7,10,13-14H2,1H3/t17-,18+/m0/s1. The molecule has 2 aromatic rings. The number of fused-ring (bicyclic) bond motifs is 4. The van der Waals surface area contributed by atoms with Gasteiger partial charge in [0.25, 0.3) is 0 Å². The van der Waals surface area contributed by atoms with Crippen molar-refractivity contribution >= 4 is 15.9 Å². The van der Waals surface area contributed by atoms with Crippen LogP contribution in [0, 0.1) is 5.92 Å². The smallest absolute Gasteiger partial charge is 0.243 e. The fourth-order valence-electron chi connectivity index (χ4n) is 3.91. The first-order valence-electron chi connectivity index (χ1n) is 8.89. The lowest BCUT2D eigenvalue weighted by Crippen LogP contribution is -2.45. The van der Waals surface area contributed by atoms with Gasteiger partial charge in [-0.3, -0.25) is 4.79 Å². The Balaban J connectivity index is 1.62. The van der Waals surface area contributed by atoms with E-state index in [1.807, 2.05) is 42.5 Å². The van der Waals surface area contributed by atoms with Crippen molar-refractivity contribution in [3.8, 4) is 11.1 Å². The van der Waals surface area contributed by atoms with E-state index >= 15 is 0 Å². The zero-order valence-corrected chi connectivity index (χ0v) is 15.5. The van der Waals surface area contributed by atoms with Crippen molar-refractivity contribution < 1.29 is 13.2 Å². The van der Waals surface area contributed by atoms with E-state index in [1.165, 1.54) is 4.31 Å². The number of benzene rings is 2. The normalized spacial score (nSPS) is 23.9. The van der Waals surface area contributed by atoms with Gasteiger partial charge in [0.15, 0.2) is 0 Å². The minimum atomic E-state index is -3.60. The van der Waals surface area contributed by atoms with Gasteiger partial charge in [-0.15, -0.1) is 0 Å². The van der Waals surface area contributed by atoms with Gasteiger partial charge >= 0.3 is 0 Å². The monoisotopic (exact) mass is 370 g/mol. The van der Waals surface area contributed by atoms with Gasteiger partial charge in [0.2, 0.25) is 15.9 Å². The number of likely N-dealkylation sites (N-methyl/N-ethyl adjacent to an activating group) is 1. The first-order chi connectivity index (χ1) is 12.5. The number of carbonyl (C=O) groups is 1. The van der Waals surface area contributed by atoms with Crippen LogP contribution in [0.4, 0.5) is 0 Å². The molecular formula is C20H22N2O3S. The van der Waals surface area contributed by atoms with Crippen LogP contribution >= 0.6 is 0 Å². The van der Waals surface area contributed by atoms with E-state index in [1.54, 1.807) is 24.1 Å². The van der Waals surface area contributed by atoms with E-state index in [9.17, 15) is 13.2 Å². The Kier molecular flexibility index (Phi) is 4.32. The number of nitrogens with zero attached hydrogens (tertiary/aromatic N) is 2. The van der Waals surface area contributed by atoms with Crippen LogP contribution in [0.3, 0.4) is 0 Å². The van der Waals surface area contributed by atoms with Crippen LogP contribution in [0.15, 0.2) is 59.5 Å². The molecule has 3 aliphatic rings. The molecule has 5 nitrogen and oxygen atoms in total.